The van der Waals surface area contributed by atoms with E-state index in [1.54, 1.807) is 0 Å². The zero-order valence-corrected chi connectivity index (χ0v) is 18.1. The van der Waals surface area contributed by atoms with Crippen molar-refractivity contribution in [2.24, 2.45) is 0 Å². The van der Waals surface area contributed by atoms with Gasteiger partial charge in [-0.3, -0.25) is 4.90 Å². The summed E-state index contributed by atoms with van der Waals surface area (Å²) in [6, 6.07) is 11.5. The number of fused-ring (bicyclic) bond motifs is 1. The van der Waals surface area contributed by atoms with E-state index in [1.807, 2.05) is 47.5 Å². The zero-order chi connectivity index (χ0) is 20.2. The first-order chi connectivity index (χ1) is 14.1. The highest BCUT2D eigenvalue weighted by Crippen LogP contribution is 2.16. The van der Waals surface area contributed by atoms with Crippen LogP contribution >= 0.6 is 15.9 Å². The van der Waals surface area contributed by atoms with Crippen molar-refractivity contribution in [2.45, 2.75) is 19.9 Å². The Kier molecular flexibility index (Phi) is 6.10. The number of halogens is 1. The second-order valence-electron chi connectivity index (χ2n) is 7.15. The first-order valence-corrected chi connectivity index (χ1v) is 10.8. The molecule has 1 aliphatic heterocycles. The molecule has 0 spiro atoms. The minimum atomic E-state index is -0.0370. The number of carbonyl (C=O) groups excluding carboxylic acids is 1. The standard InChI is InChI=1S/C21H25BrN6O/c1-2-19-25-18-4-3-9-23-20(18)28(19)15-12-26-10-13-27(14-11-26)21(29)24-17-7-5-16(22)6-8-17/h3-9H,2,10-15H2,1H3,(H,24,29). The average molecular weight is 457 g/mol. The van der Waals surface area contributed by atoms with Crippen molar-refractivity contribution < 1.29 is 4.79 Å². The Balaban J connectivity index is 1.30. The number of nitrogens with one attached hydrogen (secondary N) is 1. The number of piperazine rings is 1. The Bertz CT molecular complexity index is 979. The van der Waals surface area contributed by atoms with Gasteiger partial charge < -0.3 is 14.8 Å². The number of benzene rings is 1. The van der Waals surface area contributed by atoms with Gasteiger partial charge in [-0.05, 0) is 36.4 Å². The summed E-state index contributed by atoms with van der Waals surface area (Å²) in [6.07, 6.45) is 2.71. The van der Waals surface area contributed by atoms with Gasteiger partial charge in [0, 0.05) is 62.0 Å². The number of imidazole rings is 1. The van der Waals surface area contributed by atoms with Crippen LogP contribution in [0.4, 0.5) is 10.5 Å². The van der Waals surface area contributed by atoms with Crippen molar-refractivity contribution in [3.05, 3.63) is 52.9 Å². The van der Waals surface area contributed by atoms with E-state index in [2.05, 4.69) is 42.6 Å². The molecule has 8 heteroatoms. The quantitative estimate of drug-likeness (QED) is 0.636. The molecule has 2 aromatic heterocycles. The number of urea groups is 1. The number of amides is 2. The Morgan fingerprint density at radius 3 is 2.59 bits per heavy atom. The molecule has 0 radical (unpaired) electrons. The number of aryl methyl sites for hydroxylation is 1. The maximum atomic E-state index is 12.5. The van der Waals surface area contributed by atoms with Gasteiger partial charge in [0.1, 0.15) is 11.3 Å². The van der Waals surface area contributed by atoms with Crippen LogP contribution in [0.15, 0.2) is 47.1 Å². The minimum Gasteiger partial charge on any atom is -0.322 e. The summed E-state index contributed by atoms with van der Waals surface area (Å²) < 4.78 is 3.22. The van der Waals surface area contributed by atoms with Crippen molar-refractivity contribution >= 4 is 38.8 Å². The third-order valence-corrected chi connectivity index (χ3v) is 5.82. The van der Waals surface area contributed by atoms with Gasteiger partial charge in [0.25, 0.3) is 0 Å². The number of pyridine rings is 1. The monoisotopic (exact) mass is 456 g/mol. The Hall–Kier alpha value is -2.45. The van der Waals surface area contributed by atoms with E-state index in [9.17, 15) is 4.79 Å². The number of anilines is 1. The summed E-state index contributed by atoms with van der Waals surface area (Å²) in [6.45, 7) is 7.11. The molecule has 1 aromatic carbocycles. The van der Waals surface area contributed by atoms with Crippen molar-refractivity contribution in [1.82, 2.24) is 24.3 Å². The first kappa shape index (κ1) is 19.8. The molecule has 1 fully saturated rings. The molecule has 0 bridgehead atoms. The van der Waals surface area contributed by atoms with Crippen LogP contribution in [0.5, 0.6) is 0 Å². The van der Waals surface area contributed by atoms with E-state index in [4.69, 9.17) is 4.98 Å². The van der Waals surface area contributed by atoms with E-state index in [0.717, 1.165) is 72.8 Å². The second kappa shape index (κ2) is 8.92. The molecule has 1 N–H and O–H groups in total. The van der Waals surface area contributed by atoms with Gasteiger partial charge in [-0.1, -0.05) is 22.9 Å². The van der Waals surface area contributed by atoms with Crippen LogP contribution in [0.1, 0.15) is 12.7 Å². The summed E-state index contributed by atoms with van der Waals surface area (Å²) in [7, 11) is 0. The minimum absolute atomic E-state index is 0.0370. The zero-order valence-electron chi connectivity index (χ0n) is 16.5. The SMILES string of the molecule is CCc1nc2cccnc2n1CCN1CCN(C(=O)Nc2ccc(Br)cc2)CC1. The lowest BCUT2D eigenvalue weighted by atomic mass is 10.3. The van der Waals surface area contributed by atoms with Crippen LogP contribution in [-0.4, -0.2) is 63.1 Å². The van der Waals surface area contributed by atoms with Gasteiger partial charge in [0.15, 0.2) is 5.65 Å². The summed E-state index contributed by atoms with van der Waals surface area (Å²) in [4.78, 5) is 26.0. The molecule has 152 valence electrons. The maximum absolute atomic E-state index is 12.5. The topological polar surface area (TPSA) is 66.3 Å². The van der Waals surface area contributed by atoms with Gasteiger partial charge in [-0.25, -0.2) is 14.8 Å². The van der Waals surface area contributed by atoms with E-state index in [-0.39, 0.29) is 6.03 Å². The lowest BCUT2D eigenvalue weighted by Crippen LogP contribution is -2.50. The molecule has 1 saturated heterocycles. The molecule has 3 heterocycles. The molecular formula is C21H25BrN6O. The van der Waals surface area contributed by atoms with Crippen molar-refractivity contribution in [1.29, 1.82) is 0 Å². The Morgan fingerprint density at radius 2 is 1.86 bits per heavy atom. The molecule has 0 saturated carbocycles. The second-order valence-corrected chi connectivity index (χ2v) is 8.06. The molecular weight excluding hydrogens is 432 g/mol. The first-order valence-electron chi connectivity index (χ1n) is 9.98. The molecule has 1 aliphatic rings. The molecule has 0 unspecified atom stereocenters. The fourth-order valence-corrected chi connectivity index (χ4v) is 3.93. The predicted molar refractivity (Wildman–Crippen MR) is 118 cm³/mol. The molecule has 4 rings (SSSR count). The van der Waals surface area contributed by atoms with Gasteiger partial charge in [0.05, 0.1) is 0 Å². The lowest BCUT2D eigenvalue weighted by Gasteiger charge is -2.34. The van der Waals surface area contributed by atoms with Gasteiger partial charge >= 0.3 is 6.03 Å². The summed E-state index contributed by atoms with van der Waals surface area (Å²) >= 11 is 3.41. The predicted octanol–water partition coefficient (Wildman–Crippen LogP) is 3.61. The van der Waals surface area contributed by atoms with E-state index < -0.39 is 0 Å². The third-order valence-electron chi connectivity index (χ3n) is 5.29. The number of hydrogen-bond acceptors (Lipinski definition) is 4. The molecule has 0 aliphatic carbocycles. The van der Waals surface area contributed by atoms with Crippen molar-refractivity contribution in [2.75, 3.05) is 38.0 Å². The Morgan fingerprint density at radius 1 is 1.10 bits per heavy atom. The molecule has 29 heavy (non-hydrogen) atoms. The summed E-state index contributed by atoms with van der Waals surface area (Å²) in [5, 5.41) is 2.97. The highest BCUT2D eigenvalue weighted by molar-refractivity contribution is 9.10. The maximum Gasteiger partial charge on any atom is 0.321 e. The van der Waals surface area contributed by atoms with E-state index in [0.29, 0.717) is 0 Å². The fourth-order valence-electron chi connectivity index (χ4n) is 3.66. The summed E-state index contributed by atoms with van der Waals surface area (Å²) in [5.74, 6) is 1.08. The molecule has 2 amide bonds. The van der Waals surface area contributed by atoms with Crippen molar-refractivity contribution in [3.8, 4) is 0 Å². The average Bonchev–Trinajstić information content (AvgIpc) is 3.12. The summed E-state index contributed by atoms with van der Waals surface area (Å²) in [5.41, 5.74) is 2.72. The fraction of sp³-hybridized carbons (Fsp3) is 0.381. The molecule has 0 atom stereocenters. The number of rotatable bonds is 5. The van der Waals surface area contributed by atoms with Crippen LogP contribution in [-0.2, 0) is 13.0 Å². The largest absolute Gasteiger partial charge is 0.322 e. The highest BCUT2D eigenvalue weighted by atomic mass is 79.9. The normalized spacial score (nSPS) is 15.0. The van der Waals surface area contributed by atoms with E-state index in [1.165, 1.54) is 0 Å². The third kappa shape index (κ3) is 4.59. The number of nitrogens with zero attached hydrogens (tertiary/aromatic N) is 5. The number of carbonyl (C=O) groups is 1. The van der Waals surface area contributed by atoms with Crippen molar-refractivity contribution in [3.63, 3.8) is 0 Å². The molecule has 3 aromatic rings. The van der Waals surface area contributed by atoms with Crippen LogP contribution in [0, 0.1) is 0 Å². The lowest BCUT2D eigenvalue weighted by molar-refractivity contribution is 0.144. The number of hydrogen-bond donors (Lipinski definition) is 1. The van der Waals surface area contributed by atoms with Crippen LogP contribution in [0.3, 0.4) is 0 Å². The van der Waals surface area contributed by atoms with E-state index >= 15 is 0 Å². The van der Waals surface area contributed by atoms with Crippen LogP contribution < -0.4 is 5.32 Å². The highest BCUT2D eigenvalue weighted by Gasteiger charge is 2.21. The van der Waals surface area contributed by atoms with Gasteiger partial charge in [-0.15, -0.1) is 0 Å². The van der Waals surface area contributed by atoms with Gasteiger partial charge in [0.2, 0.25) is 0 Å². The number of aromatic nitrogens is 3. The van der Waals surface area contributed by atoms with Crippen LogP contribution in [0.25, 0.3) is 11.2 Å². The smallest absolute Gasteiger partial charge is 0.321 e. The van der Waals surface area contributed by atoms with Gasteiger partial charge in [-0.2, -0.15) is 0 Å². The van der Waals surface area contributed by atoms with Crippen LogP contribution in [0.2, 0.25) is 0 Å². The molecule has 7 nitrogen and oxygen atoms in total. The Labute approximate surface area is 178 Å².